The molecule has 1 heterocycles. The topological polar surface area (TPSA) is 88.3 Å². The molecule has 7 heteroatoms. The van der Waals surface area contributed by atoms with E-state index in [0.29, 0.717) is 23.6 Å². The van der Waals surface area contributed by atoms with Crippen molar-refractivity contribution in [1.29, 1.82) is 0 Å². The van der Waals surface area contributed by atoms with E-state index < -0.39 is 10.0 Å². The summed E-state index contributed by atoms with van der Waals surface area (Å²) in [4.78, 5) is 13.6. The van der Waals surface area contributed by atoms with Gasteiger partial charge in [0.15, 0.2) is 0 Å². The molecule has 2 N–H and O–H groups in total. The summed E-state index contributed by atoms with van der Waals surface area (Å²) in [6.07, 6.45) is 1.32. The van der Waals surface area contributed by atoms with E-state index in [1.165, 1.54) is 18.3 Å². The van der Waals surface area contributed by atoms with Gasteiger partial charge in [0.25, 0.3) is 10.0 Å². The summed E-state index contributed by atoms with van der Waals surface area (Å²) in [5.74, 6) is 0.669. The smallest absolute Gasteiger partial charge is 0.262 e. The van der Waals surface area contributed by atoms with Crippen molar-refractivity contribution in [3.63, 3.8) is 0 Å². The van der Waals surface area contributed by atoms with Gasteiger partial charge in [-0.05, 0) is 50.1 Å². The maximum atomic E-state index is 12.5. The molecule has 0 aliphatic rings. The highest BCUT2D eigenvalue weighted by Crippen LogP contribution is 2.27. The van der Waals surface area contributed by atoms with Gasteiger partial charge in [0.2, 0.25) is 5.56 Å². The van der Waals surface area contributed by atoms with Crippen LogP contribution < -0.4 is 15.0 Å². The molecule has 6 nitrogen and oxygen atoms in total. The minimum Gasteiger partial charge on any atom is -0.494 e. The number of aryl methyl sites for hydroxylation is 2. The van der Waals surface area contributed by atoms with Crippen LogP contribution in [-0.4, -0.2) is 20.0 Å². The summed E-state index contributed by atoms with van der Waals surface area (Å²) in [5.41, 5.74) is 1.34. The monoisotopic (exact) mass is 322 g/mol. The van der Waals surface area contributed by atoms with E-state index in [1.807, 2.05) is 6.92 Å². The Kier molecular flexibility index (Phi) is 4.56. The Morgan fingerprint density at radius 1 is 1.18 bits per heavy atom. The zero-order valence-electron chi connectivity index (χ0n) is 12.6. The lowest BCUT2D eigenvalue weighted by molar-refractivity contribution is 0.337. The Morgan fingerprint density at radius 3 is 2.50 bits per heavy atom. The number of ether oxygens (including phenoxy) is 1. The molecular weight excluding hydrogens is 304 g/mol. The Balaban J connectivity index is 2.39. The summed E-state index contributed by atoms with van der Waals surface area (Å²) in [6.45, 7) is 5.89. The van der Waals surface area contributed by atoms with Crippen molar-refractivity contribution in [2.75, 3.05) is 11.3 Å². The molecule has 0 saturated carbocycles. The quantitative estimate of drug-likeness (QED) is 0.883. The molecule has 0 saturated heterocycles. The second-order valence-corrected chi connectivity index (χ2v) is 6.51. The number of benzene rings is 1. The SMILES string of the molecule is CCOc1cc(C)c(S(=O)(=O)Nc2ccc(=O)[nH]c2)cc1C. The average molecular weight is 322 g/mol. The van der Waals surface area contributed by atoms with Gasteiger partial charge in [-0.25, -0.2) is 8.42 Å². The van der Waals surface area contributed by atoms with Crippen molar-refractivity contribution in [2.45, 2.75) is 25.7 Å². The number of sulfonamides is 1. The number of anilines is 1. The predicted octanol–water partition coefficient (Wildman–Crippen LogP) is 2.19. The molecule has 0 amide bonds. The van der Waals surface area contributed by atoms with Crippen LogP contribution in [0.3, 0.4) is 0 Å². The molecule has 1 aromatic carbocycles. The fourth-order valence-corrected chi connectivity index (χ4v) is 3.41. The second kappa shape index (κ2) is 6.23. The highest BCUT2D eigenvalue weighted by Gasteiger charge is 2.19. The third-order valence-electron chi connectivity index (χ3n) is 3.10. The molecule has 0 radical (unpaired) electrons. The average Bonchev–Trinajstić information content (AvgIpc) is 2.45. The van der Waals surface area contributed by atoms with Crippen molar-refractivity contribution in [3.05, 3.63) is 51.9 Å². The van der Waals surface area contributed by atoms with Gasteiger partial charge >= 0.3 is 0 Å². The number of aromatic amines is 1. The van der Waals surface area contributed by atoms with Gasteiger partial charge < -0.3 is 9.72 Å². The number of hydrogen-bond acceptors (Lipinski definition) is 4. The van der Waals surface area contributed by atoms with Crippen molar-refractivity contribution >= 4 is 15.7 Å². The van der Waals surface area contributed by atoms with Gasteiger partial charge in [-0.2, -0.15) is 0 Å². The second-order valence-electron chi connectivity index (χ2n) is 4.86. The van der Waals surface area contributed by atoms with Gasteiger partial charge in [-0.1, -0.05) is 0 Å². The summed E-state index contributed by atoms with van der Waals surface area (Å²) in [6, 6.07) is 5.95. The Hall–Kier alpha value is -2.28. The van der Waals surface area contributed by atoms with Crippen LogP contribution in [-0.2, 0) is 10.0 Å². The van der Waals surface area contributed by atoms with Crippen LogP contribution >= 0.6 is 0 Å². The highest BCUT2D eigenvalue weighted by atomic mass is 32.2. The van der Waals surface area contributed by atoms with Crippen LogP contribution in [0.15, 0.2) is 40.2 Å². The lowest BCUT2D eigenvalue weighted by atomic mass is 10.1. The van der Waals surface area contributed by atoms with Gasteiger partial charge in [0, 0.05) is 12.3 Å². The fourth-order valence-electron chi connectivity index (χ4n) is 2.05. The van der Waals surface area contributed by atoms with E-state index in [4.69, 9.17) is 4.74 Å². The lowest BCUT2D eigenvalue weighted by Gasteiger charge is -2.14. The first-order valence-corrected chi connectivity index (χ1v) is 8.27. The zero-order valence-corrected chi connectivity index (χ0v) is 13.5. The molecule has 0 atom stereocenters. The molecule has 1 aromatic heterocycles. The largest absolute Gasteiger partial charge is 0.494 e. The van der Waals surface area contributed by atoms with Gasteiger partial charge in [-0.15, -0.1) is 0 Å². The molecule has 0 fully saturated rings. The molecule has 0 unspecified atom stereocenters. The van der Waals surface area contributed by atoms with E-state index >= 15 is 0 Å². The molecule has 2 aromatic rings. The first-order chi connectivity index (χ1) is 10.3. The number of pyridine rings is 1. The molecule has 0 aliphatic heterocycles. The van der Waals surface area contributed by atoms with Crippen LogP contribution in [0.1, 0.15) is 18.1 Å². The number of nitrogens with one attached hydrogen (secondary N) is 2. The summed E-state index contributed by atoms with van der Waals surface area (Å²) in [7, 11) is -3.74. The maximum Gasteiger partial charge on any atom is 0.262 e. The van der Waals surface area contributed by atoms with Crippen LogP contribution in [0.4, 0.5) is 5.69 Å². The Morgan fingerprint density at radius 2 is 1.91 bits per heavy atom. The summed E-state index contributed by atoms with van der Waals surface area (Å²) < 4.78 is 32.9. The van der Waals surface area contributed by atoms with Crippen molar-refractivity contribution in [1.82, 2.24) is 4.98 Å². The van der Waals surface area contributed by atoms with Gasteiger partial charge in [0.1, 0.15) is 5.75 Å². The van der Waals surface area contributed by atoms with Crippen molar-refractivity contribution in [2.24, 2.45) is 0 Å². The van der Waals surface area contributed by atoms with Gasteiger partial charge in [-0.3, -0.25) is 9.52 Å². The lowest BCUT2D eigenvalue weighted by Crippen LogP contribution is -2.16. The highest BCUT2D eigenvalue weighted by molar-refractivity contribution is 7.92. The molecule has 0 spiro atoms. The third-order valence-corrected chi connectivity index (χ3v) is 4.62. The fraction of sp³-hybridized carbons (Fsp3) is 0.267. The van der Waals surface area contributed by atoms with Crippen molar-refractivity contribution < 1.29 is 13.2 Å². The summed E-state index contributed by atoms with van der Waals surface area (Å²) >= 11 is 0. The zero-order chi connectivity index (χ0) is 16.3. The molecule has 2 rings (SSSR count). The van der Waals surface area contributed by atoms with Crippen LogP contribution in [0.5, 0.6) is 5.75 Å². The minimum atomic E-state index is -3.74. The summed E-state index contributed by atoms with van der Waals surface area (Å²) in [5, 5.41) is 0. The van der Waals surface area contributed by atoms with Crippen LogP contribution in [0, 0.1) is 13.8 Å². The van der Waals surface area contributed by atoms with Gasteiger partial charge in [0.05, 0.1) is 17.2 Å². The Bertz CT molecular complexity index is 821. The number of rotatable bonds is 5. The number of H-pyrrole nitrogens is 1. The minimum absolute atomic E-state index is 0.180. The number of aromatic nitrogens is 1. The molecule has 0 aliphatic carbocycles. The molecule has 118 valence electrons. The number of hydrogen-bond donors (Lipinski definition) is 2. The van der Waals surface area contributed by atoms with Crippen molar-refractivity contribution in [3.8, 4) is 5.75 Å². The van der Waals surface area contributed by atoms with E-state index in [0.717, 1.165) is 5.56 Å². The first kappa shape index (κ1) is 16.1. The van der Waals surface area contributed by atoms with E-state index in [2.05, 4.69) is 9.71 Å². The van der Waals surface area contributed by atoms with Crippen LogP contribution in [0.25, 0.3) is 0 Å². The molecule has 0 bridgehead atoms. The Labute approximate surface area is 129 Å². The van der Waals surface area contributed by atoms with E-state index in [-0.39, 0.29) is 10.5 Å². The van der Waals surface area contributed by atoms with Crippen LogP contribution in [0.2, 0.25) is 0 Å². The maximum absolute atomic E-state index is 12.5. The predicted molar refractivity (Wildman–Crippen MR) is 85.0 cm³/mol. The standard InChI is InChI=1S/C15H18N2O4S/c1-4-21-13-7-11(3)14(8-10(13)2)22(19,20)17-12-5-6-15(18)16-9-12/h5-9,17H,4H2,1-3H3,(H,16,18). The molecule has 22 heavy (non-hydrogen) atoms. The third kappa shape index (κ3) is 3.48. The van der Waals surface area contributed by atoms with E-state index in [9.17, 15) is 13.2 Å². The normalized spacial score (nSPS) is 11.2. The first-order valence-electron chi connectivity index (χ1n) is 6.79. The molecular formula is C15H18N2O4S. The van der Waals surface area contributed by atoms with E-state index in [1.54, 1.807) is 26.0 Å².